The maximum atomic E-state index is 12.6. The number of hydrogen-bond acceptors (Lipinski definition) is 4. The number of thiocarbonyl (C=S) groups is 1. The number of rotatable bonds is 5. The Balaban J connectivity index is 2.34. The van der Waals surface area contributed by atoms with Gasteiger partial charge in [-0.15, -0.1) is 0 Å². The standard InChI is InChI=1S/C16H16BrNO3S2/c1-3-9(2)13(15(20)21)18-14(19)12(23-16(18)22)8-10-5-4-6-11(17)7-10/h4-9,13H,3H2,1-2H3,(H,20,21)/b12-8-/t9-,13+/m0/s1. The lowest BCUT2D eigenvalue weighted by atomic mass is 9.98. The highest BCUT2D eigenvalue weighted by molar-refractivity contribution is 9.10. The molecule has 0 aliphatic carbocycles. The number of carbonyl (C=O) groups is 2. The zero-order valence-corrected chi connectivity index (χ0v) is 15.9. The number of thioether (sulfide) groups is 1. The maximum absolute atomic E-state index is 12.6. The van der Waals surface area contributed by atoms with Crippen LogP contribution in [-0.2, 0) is 9.59 Å². The number of carboxylic acids is 1. The molecule has 23 heavy (non-hydrogen) atoms. The van der Waals surface area contributed by atoms with Crippen LogP contribution in [0.25, 0.3) is 6.08 Å². The molecule has 0 saturated carbocycles. The van der Waals surface area contributed by atoms with Gasteiger partial charge in [-0.1, -0.05) is 72.3 Å². The van der Waals surface area contributed by atoms with Crippen molar-refractivity contribution in [2.24, 2.45) is 5.92 Å². The monoisotopic (exact) mass is 413 g/mol. The summed E-state index contributed by atoms with van der Waals surface area (Å²) in [6.45, 7) is 3.71. The molecule has 2 atom stereocenters. The fourth-order valence-corrected chi connectivity index (χ4v) is 4.05. The molecule has 0 unspecified atom stereocenters. The van der Waals surface area contributed by atoms with Crippen LogP contribution in [0.2, 0.25) is 0 Å². The third kappa shape index (κ3) is 4.02. The van der Waals surface area contributed by atoms with Gasteiger partial charge in [-0.2, -0.15) is 0 Å². The van der Waals surface area contributed by atoms with Gasteiger partial charge in [0, 0.05) is 4.47 Å². The summed E-state index contributed by atoms with van der Waals surface area (Å²) < 4.78 is 1.20. The Bertz CT molecular complexity index is 690. The lowest BCUT2D eigenvalue weighted by Gasteiger charge is -2.27. The lowest BCUT2D eigenvalue weighted by molar-refractivity contribution is -0.147. The van der Waals surface area contributed by atoms with Crippen molar-refractivity contribution in [1.29, 1.82) is 0 Å². The van der Waals surface area contributed by atoms with Crippen molar-refractivity contribution in [2.75, 3.05) is 0 Å². The van der Waals surface area contributed by atoms with Crippen molar-refractivity contribution >= 4 is 62.2 Å². The van der Waals surface area contributed by atoms with Gasteiger partial charge >= 0.3 is 5.97 Å². The van der Waals surface area contributed by atoms with E-state index in [0.717, 1.165) is 21.8 Å². The molecular formula is C16H16BrNO3S2. The van der Waals surface area contributed by atoms with Crippen LogP contribution in [0.15, 0.2) is 33.6 Å². The Morgan fingerprint density at radius 2 is 2.22 bits per heavy atom. The van der Waals surface area contributed by atoms with Crippen molar-refractivity contribution in [2.45, 2.75) is 26.3 Å². The summed E-state index contributed by atoms with van der Waals surface area (Å²) in [6, 6.07) is 6.60. The Kier molecular flexibility index (Phi) is 6.00. The van der Waals surface area contributed by atoms with Crippen LogP contribution in [0, 0.1) is 5.92 Å². The second-order valence-corrected chi connectivity index (χ2v) is 7.87. The summed E-state index contributed by atoms with van der Waals surface area (Å²) >= 11 is 9.79. The van der Waals surface area contributed by atoms with Crippen molar-refractivity contribution < 1.29 is 14.7 Å². The minimum absolute atomic E-state index is 0.180. The van der Waals surface area contributed by atoms with Crippen molar-refractivity contribution in [3.63, 3.8) is 0 Å². The van der Waals surface area contributed by atoms with Gasteiger partial charge in [0.05, 0.1) is 4.91 Å². The van der Waals surface area contributed by atoms with Gasteiger partial charge in [-0.05, 0) is 29.7 Å². The molecule has 4 nitrogen and oxygen atoms in total. The molecule has 0 spiro atoms. The molecule has 122 valence electrons. The molecule has 2 rings (SSSR count). The highest BCUT2D eigenvalue weighted by atomic mass is 79.9. The summed E-state index contributed by atoms with van der Waals surface area (Å²) in [5.41, 5.74) is 0.857. The van der Waals surface area contributed by atoms with E-state index in [1.54, 1.807) is 6.08 Å². The minimum atomic E-state index is -1.03. The molecule has 1 aromatic rings. The molecule has 1 aliphatic rings. The summed E-state index contributed by atoms with van der Waals surface area (Å²) in [4.78, 5) is 25.9. The molecule has 0 radical (unpaired) electrons. The normalized spacial score (nSPS) is 19.3. The third-order valence-corrected chi connectivity index (χ3v) is 5.51. The highest BCUT2D eigenvalue weighted by Gasteiger charge is 2.42. The van der Waals surface area contributed by atoms with Crippen LogP contribution in [0.4, 0.5) is 0 Å². The first-order chi connectivity index (χ1) is 10.8. The zero-order chi connectivity index (χ0) is 17.1. The molecule has 1 saturated heterocycles. The number of carbonyl (C=O) groups excluding carboxylic acids is 1. The van der Waals surface area contributed by atoms with Crippen LogP contribution in [0.3, 0.4) is 0 Å². The second kappa shape index (κ2) is 7.59. The number of carboxylic acid groups (broad SMARTS) is 1. The van der Waals surface area contributed by atoms with Crippen molar-refractivity contribution in [1.82, 2.24) is 4.90 Å². The summed E-state index contributed by atoms with van der Waals surface area (Å²) in [6.07, 6.45) is 2.39. The van der Waals surface area contributed by atoms with Crippen LogP contribution >= 0.6 is 39.9 Å². The first-order valence-corrected chi connectivity index (χ1v) is 9.12. The van der Waals surface area contributed by atoms with E-state index < -0.39 is 12.0 Å². The Hall–Kier alpha value is -1.18. The van der Waals surface area contributed by atoms with E-state index in [1.807, 2.05) is 38.1 Å². The molecule has 0 bridgehead atoms. The van der Waals surface area contributed by atoms with E-state index in [-0.39, 0.29) is 11.8 Å². The molecule has 1 aromatic carbocycles. The fraction of sp³-hybridized carbons (Fsp3) is 0.312. The van der Waals surface area contributed by atoms with E-state index in [0.29, 0.717) is 15.6 Å². The first kappa shape index (κ1) is 18.2. The van der Waals surface area contributed by atoms with Gasteiger partial charge in [0.15, 0.2) is 0 Å². The summed E-state index contributed by atoms with van der Waals surface area (Å²) in [7, 11) is 0. The zero-order valence-electron chi connectivity index (χ0n) is 12.7. The molecular weight excluding hydrogens is 398 g/mol. The summed E-state index contributed by atoms with van der Waals surface area (Å²) in [5, 5.41) is 9.49. The molecule has 1 fully saturated rings. The third-order valence-electron chi connectivity index (χ3n) is 3.68. The minimum Gasteiger partial charge on any atom is -0.480 e. The van der Waals surface area contributed by atoms with Crippen LogP contribution < -0.4 is 0 Å². The van der Waals surface area contributed by atoms with Gasteiger partial charge in [0.2, 0.25) is 0 Å². The molecule has 1 heterocycles. The lowest BCUT2D eigenvalue weighted by Crippen LogP contribution is -2.47. The van der Waals surface area contributed by atoms with Crippen LogP contribution in [0.5, 0.6) is 0 Å². The number of aliphatic carboxylic acids is 1. The Labute approximate surface area is 153 Å². The summed E-state index contributed by atoms with van der Waals surface area (Å²) in [5.74, 6) is -1.55. The maximum Gasteiger partial charge on any atom is 0.327 e. The molecule has 1 N–H and O–H groups in total. The average molecular weight is 414 g/mol. The second-order valence-electron chi connectivity index (χ2n) is 5.28. The van der Waals surface area contributed by atoms with Gasteiger partial charge in [0.1, 0.15) is 10.4 Å². The Morgan fingerprint density at radius 1 is 1.52 bits per heavy atom. The number of amides is 1. The van der Waals surface area contributed by atoms with Crippen molar-refractivity contribution in [3.05, 3.63) is 39.2 Å². The smallest absolute Gasteiger partial charge is 0.327 e. The molecule has 0 aromatic heterocycles. The predicted molar refractivity (Wildman–Crippen MR) is 100 cm³/mol. The highest BCUT2D eigenvalue weighted by Crippen LogP contribution is 2.36. The topological polar surface area (TPSA) is 57.6 Å². The fourth-order valence-electron chi connectivity index (χ4n) is 2.30. The predicted octanol–water partition coefficient (Wildman–Crippen LogP) is 4.15. The quantitative estimate of drug-likeness (QED) is 0.580. The molecule has 1 amide bonds. The number of halogens is 1. The average Bonchev–Trinajstić information content (AvgIpc) is 2.75. The largest absolute Gasteiger partial charge is 0.480 e. The van der Waals surface area contributed by atoms with E-state index in [4.69, 9.17) is 12.2 Å². The van der Waals surface area contributed by atoms with Gasteiger partial charge in [-0.25, -0.2) is 4.79 Å². The van der Waals surface area contributed by atoms with E-state index in [1.165, 1.54) is 4.90 Å². The van der Waals surface area contributed by atoms with E-state index >= 15 is 0 Å². The SMILES string of the molecule is CC[C@H](C)[C@H](C(=O)O)N1C(=O)/C(=C/c2cccc(Br)c2)SC1=S. The van der Waals surface area contributed by atoms with Crippen LogP contribution in [-0.4, -0.2) is 32.2 Å². The first-order valence-electron chi connectivity index (χ1n) is 7.10. The number of nitrogens with zero attached hydrogens (tertiary/aromatic N) is 1. The number of hydrogen-bond donors (Lipinski definition) is 1. The Morgan fingerprint density at radius 3 is 2.78 bits per heavy atom. The molecule has 1 aliphatic heterocycles. The van der Waals surface area contributed by atoms with Crippen LogP contribution in [0.1, 0.15) is 25.8 Å². The molecule has 7 heteroatoms. The van der Waals surface area contributed by atoms with Crippen molar-refractivity contribution in [3.8, 4) is 0 Å². The van der Waals surface area contributed by atoms with Gasteiger partial charge in [-0.3, -0.25) is 9.69 Å². The van der Waals surface area contributed by atoms with Gasteiger partial charge in [0.25, 0.3) is 5.91 Å². The van der Waals surface area contributed by atoms with E-state index in [2.05, 4.69) is 15.9 Å². The van der Waals surface area contributed by atoms with Gasteiger partial charge < -0.3 is 5.11 Å². The van der Waals surface area contributed by atoms with E-state index in [9.17, 15) is 14.7 Å². The number of benzene rings is 1.